The van der Waals surface area contributed by atoms with Gasteiger partial charge in [0.1, 0.15) is 11.4 Å². The third-order valence-electron chi connectivity index (χ3n) is 2.24. The van der Waals surface area contributed by atoms with Crippen LogP contribution in [0.5, 0.6) is 0 Å². The fraction of sp³-hybridized carbons (Fsp3) is 0.0909. The van der Waals surface area contributed by atoms with Gasteiger partial charge in [-0.15, -0.1) is 11.3 Å². The van der Waals surface area contributed by atoms with Crippen molar-refractivity contribution in [3.05, 3.63) is 40.8 Å². The van der Waals surface area contributed by atoms with E-state index < -0.39 is 28.5 Å². The molecule has 0 amide bonds. The Morgan fingerprint density at radius 2 is 2.00 bits per heavy atom. The van der Waals surface area contributed by atoms with Crippen molar-refractivity contribution in [1.29, 1.82) is 0 Å². The molecule has 0 saturated heterocycles. The number of carboxylic acids is 1. The minimum atomic E-state index is -4.61. The van der Waals surface area contributed by atoms with Gasteiger partial charge in [-0.1, -0.05) is 12.1 Å². The maximum atomic E-state index is 13.4. The van der Waals surface area contributed by atoms with Crippen LogP contribution in [0.15, 0.2) is 24.4 Å². The van der Waals surface area contributed by atoms with Crippen molar-refractivity contribution in [2.24, 2.45) is 0 Å². The van der Waals surface area contributed by atoms with Gasteiger partial charge in [0, 0.05) is 11.8 Å². The van der Waals surface area contributed by atoms with Crippen molar-refractivity contribution in [2.45, 2.75) is 6.18 Å². The summed E-state index contributed by atoms with van der Waals surface area (Å²) in [6.45, 7) is 0. The zero-order valence-electron chi connectivity index (χ0n) is 9.03. The van der Waals surface area contributed by atoms with Crippen LogP contribution in [0, 0.1) is 5.82 Å². The number of alkyl halides is 3. The van der Waals surface area contributed by atoms with Crippen LogP contribution < -0.4 is 0 Å². The fourth-order valence-electron chi connectivity index (χ4n) is 1.48. The Balaban J connectivity index is 2.57. The summed E-state index contributed by atoms with van der Waals surface area (Å²) in [5.41, 5.74) is -0.791. The smallest absolute Gasteiger partial charge is 0.443 e. The number of halogens is 4. The topological polar surface area (TPSA) is 50.2 Å². The Morgan fingerprint density at radius 3 is 2.53 bits per heavy atom. The zero-order chi connectivity index (χ0) is 14.2. The molecule has 2 aromatic rings. The minimum Gasteiger partial charge on any atom is -0.478 e. The van der Waals surface area contributed by atoms with Gasteiger partial charge in [-0.25, -0.2) is 14.2 Å². The summed E-state index contributed by atoms with van der Waals surface area (Å²) in [5.74, 6) is -2.55. The molecule has 3 nitrogen and oxygen atoms in total. The molecule has 1 aromatic heterocycles. The number of benzene rings is 1. The molecule has 100 valence electrons. The number of carboxylic acid groups (broad SMARTS) is 1. The van der Waals surface area contributed by atoms with Crippen molar-refractivity contribution in [2.75, 3.05) is 0 Å². The first-order valence-electron chi connectivity index (χ1n) is 4.86. The highest BCUT2D eigenvalue weighted by molar-refractivity contribution is 7.15. The molecule has 8 heteroatoms. The lowest BCUT2D eigenvalue weighted by molar-refractivity contribution is -0.137. The van der Waals surface area contributed by atoms with Crippen LogP contribution in [-0.4, -0.2) is 16.1 Å². The maximum Gasteiger partial charge on any atom is 0.443 e. The van der Waals surface area contributed by atoms with E-state index in [9.17, 15) is 22.4 Å². The Bertz CT molecular complexity index is 636. The van der Waals surface area contributed by atoms with Gasteiger partial charge in [0.2, 0.25) is 0 Å². The molecular weight excluding hydrogens is 286 g/mol. The molecule has 0 spiro atoms. The van der Waals surface area contributed by atoms with Crippen molar-refractivity contribution in [3.8, 4) is 10.4 Å². The highest BCUT2D eigenvalue weighted by Crippen LogP contribution is 2.37. The third-order valence-corrected chi connectivity index (χ3v) is 3.32. The van der Waals surface area contributed by atoms with Crippen LogP contribution in [0.4, 0.5) is 17.6 Å². The van der Waals surface area contributed by atoms with E-state index in [0.717, 1.165) is 12.3 Å². The first-order chi connectivity index (χ1) is 8.80. The Kier molecular flexibility index (Phi) is 3.27. The predicted molar refractivity (Wildman–Crippen MR) is 59.5 cm³/mol. The van der Waals surface area contributed by atoms with Crippen LogP contribution in [0.2, 0.25) is 0 Å². The molecule has 0 atom stereocenters. The molecule has 1 heterocycles. The van der Waals surface area contributed by atoms with E-state index in [-0.39, 0.29) is 21.8 Å². The minimum absolute atomic E-state index is 0.0516. The van der Waals surface area contributed by atoms with Gasteiger partial charge in [-0.05, 0) is 6.07 Å². The van der Waals surface area contributed by atoms with E-state index >= 15 is 0 Å². The number of aromatic carboxylic acids is 1. The predicted octanol–water partition coefficient (Wildman–Crippen LogP) is 3.67. The van der Waals surface area contributed by atoms with Crippen LogP contribution in [0.25, 0.3) is 10.4 Å². The van der Waals surface area contributed by atoms with E-state index in [1.165, 1.54) is 12.1 Å². The second kappa shape index (κ2) is 4.61. The lowest BCUT2D eigenvalue weighted by Crippen LogP contribution is -2.03. The number of thiazole rings is 1. The van der Waals surface area contributed by atoms with Crippen molar-refractivity contribution in [3.63, 3.8) is 0 Å². The highest BCUT2D eigenvalue weighted by Gasteiger charge is 2.35. The summed E-state index contributed by atoms with van der Waals surface area (Å²) in [5, 5.41) is 7.79. The Labute approximate surface area is 108 Å². The summed E-state index contributed by atoms with van der Waals surface area (Å²) in [4.78, 5) is 14.1. The van der Waals surface area contributed by atoms with E-state index in [0.29, 0.717) is 0 Å². The largest absolute Gasteiger partial charge is 0.478 e. The summed E-state index contributed by atoms with van der Waals surface area (Å²) < 4.78 is 50.6. The number of rotatable bonds is 2. The summed E-state index contributed by atoms with van der Waals surface area (Å²) >= 11 is 0.267. The lowest BCUT2D eigenvalue weighted by Gasteiger charge is -2.04. The fourth-order valence-corrected chi connectivity index (χ4v) is 2.29. The molecule has 1 aromatic carbocycles. The molecule has 0 unspecified atom stereocenters. The van der Waals surface area contributed by atoms with Crippen molar-refractivity contribution < 1.29 is 27.5 Å². The maximum absolute atomic E-state index is 13.4. The Morgan fingerprint density at radius 1 is 1.32 bits per heavy atom. The van der Waals surface area contributed by atoms with Gasteiger partial charge < -0.3 is 5.11 Å². The average Bonchev–Trinajstić information content (AvgIpc) is 2.76. The molecule has 19 heavy (non-hydrogen) atoms. The van der Waals surface area contributed by atoms with Crippen LogP contribution in [0.3, 0.4) is 0 Å². The first-order valence-corrected chi connectivity index (χ1v) is 5.67. The van der Waals surface area contributed by atoms with Crippen molar-refractivity contribution >= 4 is 17.3 Å². The summed E-state index contributed by atoms with van der Waals surface area (Å²) in [6, 6.07) is 3.39. The molecule has 0 radical (unpaired) electrons. The molecule has 2 rings (SSSR count). The van der Waals surface area contributed by atoms with Gasteiger partial charge in [0.25, 0.3) is 0 Å². The van der Waals surface area contributed by atoms with E-state index in [2.05, 4.69) is 4.98 Å². The van der Waals surface area contributed by atoms with E-state index in [1.807, 2.05) is 0 Å². The number of hydrogen-bond donors (Lipinski definition) is 1. The lowest BCUT2D eigenvalue weighted by atomic mass is 10.1. The molecule has 1 N–H and O–H groups in total. The molecule has 0 saturated carbocycles. The number of nitrogens with zero attached hydrogens (tertiary/aromatic N) is 1. The molecular formula is C11H5F4NO2S. The van der Waals surface area contributed by atoms with Crippen molar-refractivity contribution in [1.82, 2.24) is 4.98 Å². The zero-order valence-corrected chi connectivity index (χ0v) is 9.85. The average molecular weight is 291 g/mol. The highest BCUT2D eigenvalue weighted by atomic mass is 32.1. The van der Waals surface area contributed by atoms with Gasteiger partial charge in [0.05, 0.1) is 4.88 Å². The SMILES string of the molecule is O=C(O)c1c(F)cccc1-c1cnc(C(F)(F)F)s1. The monoisotopic (exact) mass is 291 g/mol. The number of aromatic nitrogens is 1. The second-order valence-corrected chi connectivity index (χ2v) is 4.53. The molecule has 0 aliphatic heterocycles. The molecule has 0 aliphatic rings. The first kappa shape index (κ1) is 13.5. The van der Waals surface area contributed by atoms with Crippen LogP contribution in [0.1, 0.15) is 15.4 Å². The quantitative estimate of drug-likeness (QED) is 0.859. The van der Waals surface area contributed by atoms with Gasteiger partial charge in [-0.2, -0.15) is 13.2 Å². The number of hydrogen-bond acceptors (Lipinski definition) is 3. The normalized spacial score (nSPS) is 11.6. The third kappa shape index (κ3) is 2.58. The molecule has 0 aliphatic carbocycles. The van der Waals surface area contributed by atoms with Gasteiger partial charge >= 0.3 is 12.1 Å². The second-order valence-electron chi connectivity index (χ2n) is 3.49. The number of carbonyl (C=O) groups is 1. The molecule has 0 fully saturated rings. The van der Waals surface area contributed by atoms with Gasteiger partial charge in [-0.3, -0.25) is 0 Å². The van der Waals surface area contributed by atoms with E-state index in [4.69, 9.17) is 5.11 Å². The van der Waals surface area contributed by atoms with Crippen LogP contribution in [-0.2, 0) is 6.18 Å². The standard InChI is InChI=1S/C11H5F4NO2S/c12-6-3-1-2-5(8(6)9(17)18)7-4-16-10(19-7)11(13,14)15/h1-4H,(H,17,18). The van der Waals surface area contributed by atoms with Crippen LogP contribution >= 0.6 is 11.3 Å². The van der Waals surface area contributed by atoms with Gasteiger partial charge in [0.15, 0.2) is 5.01 Å². The Hall–Kier alpha value is -1.96. The summed E-state index contributed by atoms with van der Waals surface area (Å²) in [6.07, 6.45) is -3.73. The molecule has 0 bridgehead atoms. The summed E-state index contributed by atoms with van der Waals surface area (Å²) in [7, 11) is 0. The van der Waals surface area contributed by atoms with E-state index in [1.54, 1.807) is 0 Å².